The van der Waals surface area contributed by atoms with Crippen molar-refractivity contribution in [2.24, 2.45) is 0 Å². The van der Waals surface area contributed by atoms with E-state index in [0.717, 1.165) is 19.4 Å². The van der Waals surface area contributed by atoms with Crippen LogP contribution >= 0.6 is 0 Å². The Morgan fingerprint density at radius 3 is 3.25 bits per heavy atom. The van der Waals surface area contributed by atoms with Gasteiger partial charge in [0, 0.05) is 26.1 Å². The SMILES string of the molecule is O=CCCN1CCOCC(O)C1. The molecule has 12 heavy (non-hydrogen) atoms. The third-order valence-electron chi connectivity index (χ3n) is 1.89. The van der Waals surface area contributed by atoms with Crippen LogP contribution in [0.5, 0.6) is 0 Å². The lowest BCUT2D eigenvalue weighted by atomic mass is 10.3. The van der Waals surface area contributed by atoms with Crippen LogP contribution in [0.3, 0.4) is 0 Å². The summed E-state index contributed by atoms with van der Waals surface area (Å²) in [5, 5.41) is 9.30. The van der Waals surface area contributed by atoms with Gasteiger partial charge in [-0.1, -0.05) is 0 Å². The number of carbonyl (C=O) groups excluding carboxylic acids is 1. The van der Waals surface area contributed by atoms with E-state index < -0.39 is 6.10 Å². The fraction of sp³-hybridized carbons (Fsp3) is 0.875. The number of rotatable bonds is 3. The lowest BCUT2D eigenvalue weighted by Gasteiger charge is -2.19. The highest BCUT2D eigenvalue weighted by atomic mass is 16.5. The second-order valence-corrected chi connectivity index (χ2v) is 2.98. The molecule has 0 bridgehead atoms. The molecule has 1 aliphatic rings. The third kappa shape index (κ3) is 3.30. The largest absolute Gasteiger partial charge is 0.389 e. The average molecular weight is 173 g/mol. The second kappa shape index (κ2) is 5.24. The maximum absolute atomic E-state index is 10.1. The fourth-order valence-electron chi connectivity index (χ4n) is 1.29. The van der Waals surface area contributed by atoms with Crippen molar-refractivity contribution < 1.29 is 14.6 Å². The molecule has 1 fully saturated rings. The summed E-state index contributed by atoms with van der Waals surface area (Å²) in [7, 11) is 0. The zero-order chi connectivity index (χ0) is 8.81. The van der Waals surface area contributed by atoms with Crippen LogP contribution in [0.25, 0.3) is 0 Å². The molecule has 0 saturated carbocycles. The molecule has 1 atom stereocenters. The second-order valence-electron chi connectivity index (χ2n) is 2.98. The van der Waals surface area contributed by atoms with E-state index in [1.807, 2.05) is 4.90 Å². The number of aliphatic hydroxyl groups excluding tert-OH is 1. The molecule has 1 unspecified atom stereocenters. The van der Waals surface area contributed by atoms with Gasteiger partial charge in [0.2, 0.25) is 0 Å². The van der Waals surface area contributed by atoms with Crippen LogP contribution in [0.1, 0.15) is 6.42 Å². The summed E-state index contributed by atoms with van der Waals surface area (Å²) >= 11 is 0. The summed E-state index contributed by atoms with van der Waals surface area (Å²) < 4.78 is 5.14. The third-order valence-corrected chi connectivity index (χ3v) is 1.89. The Labute approximate surface area is 72.1 Å². The molecule has 0 radical (unpaired) electrons. The summed E-state index contributed by atoms with van der Waals surface area (Å²) in [6, 6.07) is 0. The van der Waals surface area contributed by atoms with Gasteiger partial charge in [-0.25, -0.2) is 0 Å². The van der Waals surface area contributed by atoms with Gasteiger partial charge in [-0.15, -0.1) is 0 Å². The summed E-state index contributed by atoms with van der Waals surface area (Å²) in [5.41, 5.74) is 0. The standard InChI is InChI=1S/C8H15NO3/c10-4-1-2-9-3-5-12-7-8(11)6-9/h4,8,11H,1-3,5-7H2. The fourth-order valence-corrected chi connectivity index (χ4v) is 1.29. The lowest BCUT2D eigenvalue weighted by Crippen LogP contribution is -2.33. The van der Waals surface area contributed by atoms with E-state index in [0.29, 0.717) is 26.2 Å². The first-order valence-electron chi connectivity index (χ1n) is 4.24. The van der Waals surface area contributed by atoms with Crippen molar-refractivity contribution in [1.82, 2.24) is 4.90 Å². The number of carbonyl (C=O) groups is 1. The van der Waals surface area contributed by atoms with Gasteiger partial charge in [-0.3, -0.25) is 4.90 Å². The summed E-state index contributed by atoms with van der Waals surface area (Å²) in [6.07, 6.45) is 1.03. The molecule has 4 heteroatoms. The van der Waals surface area contributed by atoms with Crippen molar-refractivity contribution in [3.05, 3.63) is 0 Å². The normalized spacial score (nSPS) is 26.6. The van der Waals surface area contributed by atoms with Gasteiger partial charge in [0.25, 0.3) is 0 Å². The number of hydrogen-bond acceptors (Lipinski definition) is 4. The Morgan fingerprint density at radius 1 is 1.67 bits per heavy atom. The Kier molecular flexibility index (Phi) is 4.21. The highest BCUT2D eigenvalue weighted by Gasteiger charge is 2.15. The molecule has 1 saturated heterocycles. The van der Waals surface area contributed by atoms with E-state index in [-0.39, 0.29) is 0 Å². The highest BCUT2D eigenvalue weighted by molar-refractivity contribution is 5.49. The molecule has 0 spiro atoms. The number of aliphatic hydroxyl groups is 1. The maximum atomic E-state index is 10.1. The molecule has 1 N–H and O–H groups in total. The van der Waals surface area contributed by atoms with Gasteiger partial charge in [0.15, 0.2) is 0 Å². The van der Waals surface area contributed by atoms with Gasteiger partial charge in [-0.2, -0.15) is 0 Å². The molecule has 4 nitrogen and oxygen atoms in total. The highest BCUT2D eigenvalue weighted by Crippen LogP contribution is 1.99. The van der Waals surface area contributed by atoms with Crippen LogP contribution in [0.2, 0.25) is 0 Å². The number of hydrogen-bond donors (Lipinski definition) is 1. The monoisotopic (exact) mass is 173 g/mol. The van der Waals surface area contributed by atoms with Gasteiger partial charge in [0.05, 0.1) is 19.3 Å². The topological polar surface area (TPSA) is 49.8 Å². The Morgan fingerprint density at radius 2 is 2.50 bits per heavy atom. The van der Waals surface area contributed by atoms with E-state index >= 15 is 0 Å². The quantitative estimate of drug-likeness (QED) is 0.572. The van der Waals surface area contributed by atoms with Crippen LogP contribution in [0.15, 0.2) is 0 Å². The van der Waals surface area contributed by atoms with Crippen molar-refractivity contribution in [1.29, 1.82) is 0 Å². The van der Waals surface area contributed by atoms with Crippen LogP contribution < -0.4 is 0 Å². The number of β-amino-alcohol motifs (C(OH)–C–C–N with tert-alkyl or cyclic N) is 1. The first-order valence-corrected chi connectivity index (χ1v) is 4.24. The van der Waals surface area contributed by atoms with E-state index in [4.69, 9.17) is 4.74 Å². The summed E-state index contributed by atoms with van der Waals surface area (Å²) in [4.78, 5) is 12.1. The van der Waals surface area contributed by atoms with Gasteiger partial charge >= 0.3 is 0 Å². The molecular weight excluding hydrogens is 158 g/mol. The molecule has 0 amide bonds. The van der Waals surface area contributed by atoms with E-state index in [2.05, 4.69) is 0 Å². The van der Waals surface area contributed by atoms with E-state index in [1.54, 1.807) is 0 Å². The predicted octanol–water partition coefficient (Wildman–Crippen LogP) is -0.732. The number of nitrogens with zero attached hydrogens (tertiary/aromatic N) is 1. The van der Waals surface area contributed by atoms with E-state index in [1.165, 1.54) is 0 Å². The summed E-state index contributed by atoms with van der Waals surface area (Å²) in [6.45, 7) is 3.22. The Bertz CT molecular complexity index is 140. The molecule has 1 heterocycles. The molecule has 0 aliphatic carbocycles. The van der Waals surface area contributed by atoms with Crippen molar-refractivity contribution in [2.45, 2.75) is 12.5 Å². The molecule has 0 aromatic carbocycles. The van der Waals surface area contributed by atoms with Gasteiger partial charge in [0.1, 0.15) is 6.29 Å². The molecule has 1 rings (SSSR count). The minimum absolute atomic E-state index is 0.404. The van der Waals surface area contributed by atoms with Crippen LogP contribution in [-0.2, 0) is 9.53 Å². The first kappa shape index (κ1) is 9.64. The Hall–Kier alpha value is -0.450. The minimum Gasteiger partial charge on any atom is -0.389 e. The molecular formula is C8H15NO3. The van der Waals surface area contributed by atoms with Gasteiger partial charge < -0.3 is 14.6 Å². The lowest BCUT2D eigenvalue weighted by molar-refractivity contribution is -0.108. The Balaban J connectivity index is 2.25. The number of ether oxygens (including phenoxy) is 1. The summed E-state index contributed by atoms with van der Waals surface area (Å²) in [5.74, 6) is 0. The average Bonchev–Trinajstić information content (AvgIpc) is 2.26. The number of aldehydes is 1. The zero-order valence-corrected chi connectivity index (χ0v) is 7.11. The smallest absolute Gasteiger partial charge is 0.121 e. The minimum atomic E-state index is -0.404. The van der Waals surface area contributed by atoms with E-state index in [9.17, 15) is 9.90 Å². The predicted molar refractivity (Wildman–Crippen MR) is 43.9 cm³/mol. The molecule has 70 valence electrons. The molecule has 0 aromatic rings. The maximum Gasteiger partial charge on any atom is 0.121 e. The van der Waals surface area contributed by atoms with Crippen molar-refractivity contribution in [3.63, 3.8) is 0 Å². The van der Waals surface area contributed by atoms with Gasteiger partial charge in [-0.05, 0) is 0 Å². The zero-order valence-electron chi connectivity index (χ0n) is 7.11. The van der Waals surface area contributed by atoms with Crippen LogP contribution in [0, 0.1) is 0 Å². The molecule has 0 aromatic heterocycles. The molecule has 1 aliphatic heterocycles. The first-order chi connectivity index (χ1) is 5.83. The van der Waals surface area contributed by atoms with Crippen molar-refractivity contribution >= 4 is 6.29 Å². The van der Waals surface area contributed by atoms with Crippen molar-refractivity contribution in [3.8, 4) is 0 Å². The van der Waals surface area contributed by atoms with Crippen LogP contribution in [0.4, 0.5) is 0 Å². The van der Waals surface area contributed by atoms with Crippen LogP contribution in [-0.4, -0.2) is 55.2 Å². The van der Waals surface area contributed by atoms with Crippen molar-refractivity contribution in [2.75, 3.05) is 32.8 Å².